The van der Waals surface area contributed by atoms with Gasteiger partial charge in [-0.2, -0.15) is 0 Å². The van der Waals surface area contributed by atoms with E-state index >= 15 is 0 Å². The largest absolute Gasteiger partial charge is 0.341 e. The van der Waals surface area contributed by atoms with E-state index < -0.39 is 10.9 Å². The third-order valence-corrected chi connectivity index (χ3v) is 11.7. The van der Waals surface area contributed by atoms with Crippen molar-refractivity contribution in [2.75, 3.05) is 19.1 Å². The van der Waals surface area contributed by atoms with E-state index in [1.165, 1.54) is 0 Å². The Kier molecular flexibility index (Phi) is 10.9. The summed E-state index contributed by atoms with van der Waals surface area (Å²) in [6.07, 6.45) is 4.19. The Hall–Kier alpha value is 1.92. The third kappa shape index (κ3) is 11.4. The monoisotopic (exact) mass is 352 g/mol. The lowest BCUT2D eigenvalue weighted by Gasteiger charge is -2.23. The molecule has 0 radical (unpaired) electrons. The number of hydrogen-bond acceptors (Lipinski definition) is 4. The molecule has 0 aromatic carbocycles. The second-order valence-corrected chi connectivity index (χ2v) is 17.0. The van der Waals surface area contributed by atoms with Crippen molar-refractivity contribution in [2.24, 2.45) is 0 Å². The molecule has 0 bridgehead atoms. The Balaban J connectivity index is 4.09. The third-order valence-electron chi connectivity index (χ3n) is 1.94. The van der Waals surface area contributed by atoms with Gasteiger partial charge in [-0.3, -0.25) is 0 Å². The molecular formula is C9H22O2P2S4. The summed E-state index contributed by atoms with van der Waals surface area (Å²) in [5.74, 6) is 0.518. The molecule has 2 atom stereocenters. The zero-order chi connectivity index (χ0) is 13.4. The molecule has 0 amide bonds. The van der Waals surface area contributed by atoms with E-state index in [-0.39, 0.29) is 0 Å². The van der Waals surface area contributed by atoms with Gasteiger partial charge in [-0.1, -0.05) is 50.3 Å². The summed E-state index contributed by atoms with van der Waals surface area (Å²) in [5.41, 5.74) is -4.24. The first-order chi connectivity index (χ1) is 7.83. The van der Waals surface area contributed by atoms with Crippen molar-refractivity contribution >= 4 is 59.0 Å². The van der Waals surface area contributed by atoms with Gasteiger partial charge in [-0.25, -0.2) is 0 Å². The number of rotatable bonds is 10. The predicted octanol–water partition coefficient (Wildman–Crippen LogP) is 5.06. The van der Waals surface area contributed by atoms with E-state index in [0.29, 0.717) is 19.1 Å². The molecule has 8 heteroatoms. The number of hydrogen-bond donors (Lipinski definition) is 2. The van der Waals surface area contributed by atoms with E-state index in [9.17, 15) is 0 Å². The minimum atomic E-state index is -2.12. The molecule has 0 aromatic heterocycles. The van der Waals surface area contributed by atoms with Gasteiger partial charge in [-0.05, 0) is 12.8 Å². The van der Waals surface area contributed by atoms with Gasteiger partial charge in [0.15, 0.2) is 0 Å². The van der Waals surface area contributed by atoms with Crippen LogP contribution < -0.4 is 0 Å². The van der Waals surface area contributed by atoms with Crippen molar-refractivity contribution in [1.29, 1.82) is 0 Å². The van der Waals surface area contributed by atoms with Crippen LogP contribution in [0.5, 0.6) is 0 Å². The first-order valence-electron chi connectivity index (χ1n) is 5.75. The van der Waals surface area contributed by atoms with Crippen molar-refractivity contribution in [2.45, 2.75) is 39.5 Å². The Morgan fingerprint density at radius 1 is 0.882 bits per heavy atom. The second kappa shape index (κ2) is 9.77. The summed E-state index contributed by atoms with van der Waals surface area (Å²) >= 11 is 19.6. The molecule has 0 aliphatic rings. The molecule has 0 aliphatic carbocycles. The molecule has 0 saturated heterocycles. The van der Waals surface area contributed by atoms with Gasteiger partial charge in [-0.15, -0.1) is 24.5 Å². The first kappa shape index (κ1) is 18.9. The normalized spacial score (nSPS) is 18.6. The van der Waals surface area contributed by atoms with Crippen LogP contribution in [0.1, 0.15) is 39.5 Å². The van der Waals surface area contributed by atoms with Gasteiger partial charge in [0.2, 0.25) is 0 Å². The fourth-order valence-corrected chi connectivity index (χ4v) is 14.5. The zero-order valence-electron chi connectivity index (χ0n) is 10.4. The molecule has 0 spiro atoms. The summed E-state index contributed by atoms with van der Waals surface area (Å²) in [6, 6.07) is 0. The zero-order valence-corrected chi connectivity index (χ0v) is 15.6. The lowest BCUT2D eigenvalue weighted by molar-refractivity contribution is 0.342. The van der Waals surface area contributed by atoms with Crippen molar-refractivity contribution < 1.29 is 9.05 Å². The van der Waals surface area contributed by atoms with Crippen LogP contribution in [-0.4, -0.2) is 19.1 Å². The molecule has 0 heterocycles. The van der Waals surface area contributed by atoms with Crippen LogP contribution in [0, 0.1) is 0 Å². The fraction of sp³-hybridized carbons (Fsp3) is 1.00. The Morgan fingerprint density at radius 3 is 1.53 bits per heavy atom. The molecule has 0 aliphatic heterocycles. The van der Waals surface area contributed by atoms with Crippen LogP contribution in [0.4, 0.5) is 0 Å². The first-order valence-corrected chi connectivity index (χ1v) is 13.9. The molecule has 2 nitrogen and oxygen atoms in total. The summed E-state index contributed by atoms with van der Waals surface area (Å²) in [7, 11) is 0. The highest BCUT2D eigenvalue weighted by Gasteiger charge is 2.23. The average Bonchev–Trinajstić information content (AvgIpc) is 2.16. The highest BCUT2D eigenvalue weighted by Crippen LogP contribution is 2.68. The van der Waals surface area contributed by atoms with Gasteiger partial charge in [0.05, 0.1) is 19.1 Å². The SMILES string of the molecule is CCCCOP(=S)(S)CP(=S)(S)OCCCC. The van der Waals surface area contributed by atoms with Crippen molar-refractivity contribution in [3.05, 3.63) is 0 Å². The minimum Gasteiger partial charge on any atom is -0.341 e. The standard InChI is InChI=1S/C9H22O2P2S4/c1-3-5-7-10-12(14,15)9-13(16,17)11-8-6-4-2/h3-9H2,1-2H3,(H,14,15)(H,16,17). The molecule has 0 fully saturated rings. The molecule has 104 valence electrons. The molecule has 0 saturated carbocycles. The highest BCUT2D eigenvalue weighted by atomic mass is 32.9. The van der Waals surface area contributed by atoms with E-state index in [2.05, 4.69) is 38.3 Å². The van der Waals surface area contributed by atoms with Gasteiger partial charge in [0, 0.05) is 0 Å². The maximum atomic E-state index is 5.63. The van der Waals surface area contributed by atoms with E-state index in [4.69, 9.17) is 32.7 Å². The highest BCUT2D eigenvalue weighted by molar-refractivity contribution is 8.69. The molecule has 0 aromatic rings. The fourth-order valence-electron chi connectivity index (χ4n) is 1.01. The van der Waals surface area contributed by atoms with Crippen LogP contribution in [0.2, 0.25) is 0 Å². The minimum absolute atomic E-state index is 0.518. The Bertz CT molecular complexity index is 271. The van der Waals surface area contributed by atoms with Crippen molar-refractivity contribution in [3.8, 4) is 0 Å². The van der Waals surface area contributed by atoms with Crippen molar-refractivity contribution in [3.63, 3.8) is 0 Å². The summed E-state index contributed by atoms with van der Waals surface area (Å²) in [4.78, 5) is 0. The van der Waals surface area contributed by atoms with Crippen LogP contribution >= 0.6 is 35.4 Å². The van der Waals surface area contributed by atoms with Gasteiger partial charge in [0.25, 0.3) is 0 Å². The molecule has 17 heavy (non-hydrogen) atoms. The number of unbranched alkanes of at least 4 members (excludes halogenated alkanes) is 2. The molecule has 0 N–H and O–H groups in total. The van der Waals surface area contributed by atoms with Crippen LogP contribution in [0.3, 0.4) is 0 Å². The predicted molar refractivity (Wildman–Crippen MR) is 93.1 cm³/mol. The van der Waals surface area contributed by atoms with E-state index in [1.54, 1.807) is 0 Å². The Morgan fingerprint density at radius 2 is 1.24 bits per heavy atom. The van der Waals surface area contributed by atoms with E-state index in [1.807, 2.05) is 0 Å². The van der Waals surface area contributed by atoms with Crippen LogP contribution in [0.15, 0.2) is 0 Å². The maximum Gasteiger partial charge on any atom is 0.124 e. The molecular weight excluding hydrogens is 330 g/mol. The summed E-state index contributed by atoms with van der Waals surface area (Å²) in [5, 5.41) is 0. The van der Waals surface area contributed by atoms with Crippen LogP contribution in [-0.2, 0) is 32.7 Å². The van der Waals surface area contributed by atoms with E-state index in [0.717, 1.165) is 25.7 Å². The quantitative estimate of drug-likeness (QED) is 0.325. The average molecular weight is 352 g/mol. The van der Waals surface area contributed by atoms with Crippen LogP contribution in [0.25, 0.3) is 0 Å². The second-order valence-electron chi connectivity index (χ2n) is 3.79. The van der Waals surface area contributed by atoms with Gasteiger partial charge in [0.1, 0.15) is 10.9 Å². The summed E-state index contributed by atoms with van der Waals surface area (Å²) < 4.78 is 11.3. The van der Waals surface area contributed by atoms with Gasteiger partial charge < -0.3 is 9.05 Å². The summed E-state index contributed by atoms with van der Waals surface area (Å²) in [6.45, 7) is 5.55. The van der Waals surface area contributed by atoms with Crippen molar-refractivity contribution in [1.82, 2.24) is 0 Å². The number of thiol groups is 2. The topological polar surface area (TPSA) is 18.5 Å². The van der Waals surface area contributed by atoms with Gasteiger partial charge >= 0.3 is 0 Å². The maximum absolute atomic E-state index is 5.63. The lowest BCUT2D eigenvalue weighted by Crippen LogP contribution is -1.96. The lowest BCUT2D eigenvalue weighted by atomic mass is 10.4. The smallest absolute Gasteiger partial charge is 0.124 e. The molecule has 2 unspecified atom stereocenters. The Labute approximate surface area is 126 Å². The molecule has 0 rings (SSSR count).